The van der Waals surface area contributed by atoms with Gasteiger partial charge in [-0.2, -0.15) is 11.8 Å². The van der Waals surface area contributed by atoms with Crippen molar-refractivity contribution in [3.05, 3.63) is 0 Å². The molecule has 0 radical (unpaired) electrons. The maximum Gasteiger partial charge on any atom is 0.306 e. The SMILES string of the molecule is CSC1CCC(NC(=O)C2CCC(C(=O)O)CC2)C1. The number of hydrogen-bond acceptors (Lipinski definition) is 3. The molecule has 0 aromatic carbocycles. The third-order valence-electron chi connectivity index (χ3n) is 4.51. The Bertz CT molecular complexity index is 340. The van der Waals surface area contributed by atoms with Crippen LogP contribution in [0.4, 0.5) is 0 Å². The van der Waals surface area contributed by atoms with Crippen molar-refractivity contribution in [3.8, 4) is 0 Å². The van der Waals surface area contributed by atoms with E-state index in [0.29, 0.717) is 24.1 Å². The van der Waals surface area contributed by atoms with E-state index in [-0.39, 0.29) is 17.7 Å². The van der Waals surface area contributed by atoms with Crippen molar-refractivity contribution in [2.24, 2.45) is 11.8 Å². The highest BCUT2D eigenvalue weighted by molar-refractivity contribution is 7.99. The summed E-state index contributed by atoms with van der Waals surface area (Å²) in [5.74, 6) is -0.770. The number of carbonyl (C=O) groups excluding carboxylic acids is 1. The smallest absolute Gasteiger partial charge is 0.306 e. The number of amides is 1. The highest BCUT2D eigenvalue weighted by Gasteiger charge is 2.32. The quantitative estimate of drug-likeness (QED) is 0.831. The van der Waals surface area contributed by atoms with Gasteiger partial charge in [0, 0.05) is 17.2 Å². The molecule has 0 bridgehead atoms. The molecule has 2 unspecified atom stereocenters. The van der Waals surface area contributed by atoms with E-state index in [9.17, 15) is 9.59 Å². The largest absolute Gasteiger partial charge is 0.481 e. The molecule has 0 aromatic rings. The average molecular weight is 285 g/mol. The summed E-state index contributed by atoms with van der Waals surface area (Å²) in [5, 5.41) is 12.8. The lowest BCUT2D eigenvalue weighted by Crippen LogP contribution is -2.39. The van der Waals surface area contributed by atoms with Crippen LogP contribution in [0, 0.1) is 11.8 Å². The highest BCUT2D eigenvalue weighted by Crippen LogP contribution is 2.31. The van der Waals surface area contributed by atoms with Gasteiger partial charge in [-0.3, -0.25) is 9.59 Å². The normalized spacial score (nSPS) is 35.0. The van der Waals surface area contributed by atoms with Crippen LogP contribution < -0.4 is 5.32 Å². The van der Waals surface area contributed by atoms with Crippen molar-refractivity contribution in [3.63, 3.8) is 0 Å². The topological polar surface area (TPSA) is 66.4 Å². The van der Waals surface area contributed by atoms with Crippen LogP contribution in [0.15, 0.2) is 0 Å². The van der Waals surface area contributed by atoms with Crippen LogP contribution in [0.1, 0.15) is 44.9 Å². The number of rotatable bonds is 4. The van der Waals surface area contributed by atoms with Crippen LogP contribution >= 0.6 is 11.8 Å². The Balaban J connectivity index is 1.74. The molecule has 108 valence electrons. The molecule has 2 aliphatic carbocycles. The van der Waals surface area contributed by atoms with Crippen LogP contribution in [-0.2, 0) is 9.59 Å². The molecule has 5 heteroatoms. The fourth-order valence-corrected chi connectivity index (χ4v) is 4.00. The molecule has 2 fully saturated rings. The van der Waals surface area contributed by atoms with E-state index in [0.717, 1.165) is 25.7 Å². The Morgan fingerprint density at radius 2 is 1.68 bits per heavy atom. The Labute approximate surface area is 118 Å². The van der Waals surface area contributed by atoms with E-state index in [1.54, 1.807) is 0 Å². The second kappa shape index (κ2) is 6.64. The molecule has 0 saturated heterocycles. The number of aliphatic carboxylic acids is 1. The number of hydrogen-bond donors (Lipinski definition) is 2. The molecule has 2 atom stereocenters. The Hall–Kier alpha value is -0.710. The van der Waals surface area contributed by atoms with Crippen molar-refractivity contribution in [1.29, 1.82) is 0 Å². The fraction of sp³-hybridized carbons (Fsp3) is 0.857. The first-order valence-corrected chi connectivity index (χ1v) is 8.45. The molecular formula is C14H23NO3S. The van der Waals surface area contributed by atoms with Gasteiger partial charge in [0.05, 0.1) is 5.92 Å². The van der Waals surface area contributed by atoms with Crippen LogP contribution in [0.25, 0.3) is 0 Å². The molecule has 2 aliphatic rings. The molecule has 2 saturated carbocycles. The zero-order valence-electron chi connectivity index (χ0n) is 11.4. The summed E-state index contributed by atoms with van der Waals surface area (Å²) in [7, 11) is 0. The Morgan fingerprint density at radius 1 is 1.05 bits per heavy atom. The zero-order chi connectivity index (χ0) is 13.8. The number of carbonyl (C=O) groups is 2. The van der Waals surface area contributed by atoms with Crippen molar-refractivity contribution in [1.82, 2.24) is 5.32 Å². The molecule has 2 N–H and O–H groups in total. The van der Waals surface area contributed by atoms with Gasteiger partial charge in [0.15, 0.2) is 0 Å². The lowest BCUT2D eigenvalue weighted by molar-refractivity contribution is -0.144. The maximum absolute atomic E-state index is 12.2. The third kappa shape index (κ3) is 3.88. The maximum atomic E-state index is 12.2. The summed E-state index contributed by atoms with van der Waals surface area (Å²) >= 11 is 1.89. The van der Waals surface area contributed by atoms with Crippen LogP contribution in [0.2, 0.25) is 0 Å². The highest BCUT2D eigenvalue weighted by atomic mass is 32.2. The van der Waals surface area contributed by atoms with Gasteiger partial charge in [0.1, 0.15) is 0 Å². The fourth-order valence-electron chi connectivity index (χ4n) is 3.21. The van der Waals surface area contributed by atoms with Gasteiger partial charge in [-0.05, 0) is 51.2 Å². The number of carboxylic acid groups (broad SMARTS) is 1. The Morgan fingerprint density at radius 3 is 2.21 bits per heavy atom. The first-order chi connectivity index (χ1) is 9.10. The average Bonchev–Trinajstić information content (AvgIpc) is 2.86. The van der Waals surface area contributed by atoms with E-state index in [1.165, 1.54) is 6.42 Å². The van der Waals surface area contributed by atoms with Gasteiger partial charge >= 0.3 is 5.97 Å². The van der Waals surface area contributed by atoms with Crippen molar-refractivity contribution >= 4 is 23.6 Å². The third-order valence-corrected chi connectivity index (χ3v) is 5.61. The van der Waals surface area contributed by atoms with Crippen LogP contribution in [0.5, 0.6) is 0 Å². The number of nitrogens with one attached hydrogen (secondary N) is 1. The Kier molecular flexibility index (Phi) is 5.13. The minimum Gasteiger partial charge on any atom is -0.481 e. The lowest BCUT2D eigenvalue weighted by atomic mass is 9.81. The summed E-state index contributed by atoms with van der Waals surface area (Å²) in [6.45, 7) is 0. The predicted octanol–water partition coefficient (Wildman–Crippen LogP) is 2.28. The van der Waals surface area contributed by atoms with Crippen LogP contribution in [-0.4, -0.2) is 34.5 Å². The van der Waals surface area contributed by atoms with E-state index in [4.69, 9.17) is 5.11 Å². The van der Waals surface area contributed by atoms with E-state index >= 15 is 0 Å². The van der Waals surface area contributed by atoms with Gasteiger partial charge in [0.2, 0.25) is 5.91 Å². The first-order valence-electron chi connectivity index (χ1n) is 7.16. The van der Waals surface area contributed by atoms with Gasteiger partial charge in [-0.15, -0.1) is 0 Å². The molecule has 2 rings (SSSR count). The molecule has 0 spiro atoms. The van der Waals surface area contributed by atoms with Gasteiger partial charge < -0.3 is 10.4 Å². The van der Waals surface area contributed by atoms with Crippen molar-refractivity contribution in [2.75, 3.05) is 6.26 Å². The minimum atomic E-state index is -0.711. The number of carboxylic acids is 1. The van der Waals surface area contributed by atoms with Gasteiger partial charge in [0.25, 0.3) is 0 Å². The lowest BCUT2D eigenvalue weighted by Gasteiger charge is -2.26. The summed E-state index contributed by atoms with van der Waals surface area (Å²) < 4.78 is 0. The summed E-state index contributed by atoms with van der Waals surface area (Å²) in [4.78, 5) is 23.0. The second-order valence-electron chi connectivity index (χ2n) is 5.76. The minimum absolute atomic E-state index is 0.0314. The molecule has 0 aromatic heterocycles. The second-order valence-corrected chi connectivity index (χ2v) is 6.90. The molecular weight excluding hydrogens is 262 g/mol. The standard InChI is InChI=1S/C14H23NO3S/c1-19-12-7-6-11(8-12)15-13(16)9-2-4-10(5-3-9)14(17)18/h9-12H,2-8H2,1H3,(H,15,16)(H,17,18). The molecule has 0 heterocycles. The van der Waals surface area contributed by atoms with Crippen LogP contribution in [0.3, 0.4) is 0 Å². The van der Waals surface area contributed by atoms with E-state index in [2.05, 4.69) is 11.6 Å². The first kappa shape index (κ1) is 14.7. The zero-order valence-corrected chi connectivity index (χ0v) is 12.2. The van der Waals surface area contributed by atoms with E-state index < -0.39 is 5.97 Å². The molecule has 0 aliphatic heterocycles. The molecule has 19 heavy (non-hydrogen) atoms. The predicted molar refractivity (Wildman–Crippen MR) is 76.2 cm³/mol. The van der Waals surface area contributed by atoms with Gasteiger partial charge in [-0.1, -0.05) is 0 Å². The van der Waals surface area contributed by atoms with Crippen molar-refractivity contribution in [2.45, 2.75) is 56.2 Å². The van der Waals surface area contributed by atoms with E-state index in [1.807, 2.05) is 11.8 Å². The summed E-state index contributed by atoms with van der Waals surface area (Å²) in [5.41, 5.74) is 0. The molecule has 4 nitrogen and oxygen atoms in total. The monoisotopic (exact) mass is 285 g/mol. The molecule has 1 amide bonds. The summed E-state index contributed by atoms with van der Waals surface area (Å²) in [6, 6.07) is 0.335. The summed E-state index contributed by atoms with van der Waals surface area (Å²) in [6.07, 6.45) is 8.22. The number of thioether (sulfide) groups is 1. The van der Waals surface area contributed by atoms with Gasteiger partial charge in [-0.25, -0.2) is 0 Å². The van der Waals surface area contributed by atoms with Crippen molar-refractivity contribution < 1.29 is 14.7 Å².